The van der Waals surface area contributed by atoms with Crippen LogP contribution in [0, 0.1) is 0 Å². The third kappa shape index (κ3) is 3.83. The van der Waals surface area contributed by atoms with Crippen LogP contribution in [0.25, 0.3) is 0 Å². The molecule has 4 N–H and O–H groups in total. The molecule has 0 aromatic heterocycles. The van der Waals surface area contributed by atoms with Crippen LogP contribution in [-0.4, -0.2) is 23.7 Å². The largest absolute Gasteiger partial charge is 0.399 e. The summed E-state index contributed by atoms with van der Waals surface area (Å²) < 4.78 is 0.771. The van der Waals surface area contributed by atoms with E-state index in [1.54, 1.807) is 18.2 Å². The fourth-order valence-electron chi connectivity index (χ4n) is 1.32. The zero-order valence-electron chi connectivity index (χ0n) is 9.03. The summed E-state index contributed by atoms with van der Waals surface area (Å²) in [5, 5.41) is 11.5. The Hall–Kier alpha value is -1.07. The van der Waals surface area contributed by atoms with E-state index in [9.17, 15) is 4.79 Å². The van der Waals surface area contributed by atoms with Crippen LogP contribution < -0.4 is 11.1 Å². The highest BCUT2D eigenvalue weighted by atomic mass is 79.9. The maximum Gasteiger partial charge on any atom is 0.251 e. The van der Waals surface area contributed by atoms with E-state index in [0.717, 1.165) is 4.47 Å². The number of carbonyl (C=O) groups is 1. The summed E-state index contributed by atoms with van der Waals surface area (Å²) in [4.78, 5) is 11.8. The molecular weight excluding hydrogens is 272 g/mol. The van der Waals surface area contributed by atoms with Gasteiger partial charge in [0.05, 0.1) is 0 Å². The second-order valence-corrected chi connectivity index (χ2v) is 4.58. The van der Waals surface area contributed by atoms with Crippen molar-refractivity contribution in [2.75, 3.05) is 12.3 Å². The molecule has 1 aromatic carbocycles. The summed E-state index contributed by atoms with van der Waals surface area (Å²) in [7, 11) is 0. The van der Waals surface area contributed by atoms with Gasteiger partial charge in [0.2, 0.25) is 0 Å². The molecule has 0 fully saturated rings. The molecule has 1 atom stereocenters. The molecule has 0 spiro atoms. The average Bonchev–Trinajstić information content (AvgIpc) is 2.16. The number of hydrogen-bond acceptors (Lipinski definition) is 3. The molecule has 0 aliphatic carbocycles. The predicted molar refractivity (Wildman–Crippen MR) is 67.2 cm³/mol. The van der Waals surface area contributed by atoms with Gasteiger partial charge in [-0.1, -0.05) is 15.9 Å². The standard InChI is InChI=1S/C11H15BrN2O2/c1-7(2-3-15)14-11(16)8-4-9(12)6-10(13)5-8/h4-7,15H,2-3,13H2,1H3,(H,14,16). The minimum atomic E-state index is -0.186. The number of rotatable bonds is 4. The van der Waals surface area contributed by atoms with Gasteiger partial charge in [-0.3, -0.25) is 4.79 Å². The fraction of sp³-hybridized carbons (Fsp3) is 0.364. The summed E-state index contributed by atoms with van der Waals surface area (Å²) >= 11 is 3.28. The third-order valence-electron chi connectivity index (χ3n) is 2.12. The number of halogens is 1. The summed E-state index contributed by atoms with van der Waals surface area (Å²) in [5.41, 5.74) is 6.68. The van der Waals surface area contributed by atoms with Crippen molar-refractivity contribution in [1.82, 2.24) is 5.32 Å². The summed E-state index contributed by atoms with van der Waals surface area (Å²) in [6, 6.07) is 4.99. The maximum absolute atomic E-state index is 11.8. The molecule has 4 nitrogen and oxygen atoms in total. The molecule has 1 rings (SSSR count). The molecule has 0 aliphatic heterocycles. The number of benzene rings is 1. The van der Waals surface area contributed by atoms with Gasteiger partial charge in [-0.05, 0) is 31.5 Å². The van der Waals surface area contributed by atoms with E-state index >= 15 is 0 Å². The SMILES string of the molecule is CC(CCO)NC(=O)c1cc(N)cc(Br)c1. The Labute approximate surface area is 103 Å². The lowest BCUT2D eigenvalue weighted by molar-refractivity contribution is 0.0934. The molecule has 1 amide bonds. The van der Waals surface area contributed by atoms with Crippen molar-refractivity contribution >= 4 is 27.5 Å². The molecule has 0 radical (unpaired) electrons. The molecule has 1 unspecified atom stereocenters. The molecule has 0 saturated heterocycles. The molecular formula is C11H15BrN2O2. The van der Waals surface area contributed by atoms with Gasteiger partial charge in [0, 0.05) is 28.4 Å². The lowest BCUT2D eigenvalue weighted by atomic mass is 10.1. The topological polar surface area (TPSA) is 75.3 Å². The molecule has 0 aliphatic rings. The van der Waals surface area contributed by atoms with E-state index in [-0.39, 0.29) is 18.6 Å². The van der Waals surface area contributed by atoms with Crippen LogP contribution in [-0.2, 0) is 0 Å². The van der Waals surface area contributed by atoms with Crippen LogP contribution in [0.3, 0.4) is 0 Å². The predicted octanol–water partition coefficient (Wildman–Crippen LogP) is 1.53. The number of aliphatic hydroxyl groups excluding tert-OH is 1. The Balaban J connectivity index is 2.72. The van der Waals surface area contributed by atoms with Gasteiger partial charge < -0.3 is 16.2 Å². The Morgan fingerprint density at radius 2 is 2.25 bits per heavy atom. The lowest BCUT2D eigenvalue weighted by Crippen LogP contribution is -2.33. The highest BCUT2D eigenvalue weighted by molar-refractivity contribution is 9.10. The van der Waals surface area contributed by atoms with Gasteiger partial charge in [0.15, 0.2) is 0 Å². The summed E-state index contributed by atoms with van der Waals surface area (Å²) in [6.07, 6.45) is 0.537. The number of carbonyl (C=O) groups excluding carboxylic acids is 1. The van der Waals surface area contributed by atoms with E-state index in [4.69, 9.17) is 10.8 Å². The first kappa shape index (κ1) is 13.0. The molecule has 16 heavy (non-hydrogen) atoms. The van der Waals surface area contributed by atoms with Gasteiger partial charge in [-0.15, -0.1) is 0 Å². The van der Waals surface area contributed by atoms with Crippen molar-refractivity contribution in [3.63, 3.8) is 0 Å². The zero-order chi connectivity index (χ0) is 12.1. The van der Waals surface area contributed by atoms with Crippen molar-refractivity contribution in [2.24, 2.45) is 0 Å². The Morgan fingerprint density at radius 3 is 2.81 bits per heavy atom. The van der Waals surface area contributed by atoms with Crippen LogP contribution >= 0.6 is 15.9 Å². The summed E-state index contributed by atoms with van der Waals surface area (Å²) in [5.74, 6) is -0.186. The van der Waals surface area contributed by atoms with Gasteiger partial charge in [-0.25, -0.2) is 0 Å². The highest BCUT2D eigenvalue weighted by Crippen LogP contribution is 2.17. The molecule has 88 valence electrons. The summed E-state index contributed by atoms with van der Waals surface area (Å²) in [6.45, 7) is 1.90. The van der Waals surface area contributed by atoms with Crippen molar-refractivity contribution in [1.29, 1.82) is 0 Å². The Kier molecular flexibility index (Phi) is 4.76. The van der Waals surface area contributed by atoms with Gasteiger partial charge in [0.25, 0.3) is 5.91 Å². The van der Waals surface area contributed by atoms with Crippen molar-refractivity contribution in [3.8, 4) is 0 Å². The highest BCUT2D eigenvalue weighted by Gasteiger charge is 2.10. The maximum atomic E-state index is 11.8. The Morgan fingerprint density at radius 1 is 1.56 bits per heavy atom. The quantitative estimate of drug-likeness (QED) is 0.735. The van der Waals surface area contributed by atoms with Crippen LogP contribution in [0.2, 0.25) is 0 Å². The first-order valence-electron chi connectivity index (χ1n) is 5.00. The van der Waals surface area contributed by atoms with Crippen LogP contribution in [0.15, 0.2) is 22.7 Å². The number of nitrogen functional groups attached to an aromatic ring is 1. The molecule has 0 bridgehead atoms. The second kappa shape index (κ2) is 5.86. The smallest absolute Gasteiger partial charge is 0.251 e. The third-order valence-corrected chi connectivity index (χ3v) is 2.58. The molecule has 0 saturated carbocycles. The number of aliphatic hydroxyl groups is 1. The number of amides is 1. The first-order valence-corrected chi connectivity index (χ1v) is 5.80. The van der Waals surface area contributed by atoms with Crippen molar-refractivity contribution < 1.29 is 9.90 Å². The number of hydrogen-bond donors (Lipinski definition) is 3. The van der Waals surface area contributed by atoms with Gasteiger partial charge >= 0.3 is 0 Å². The fourth-order valence-corrected chi connectivity index (χ4v) is 1.83. The van der Waals surface area contributed by atoms with Crippen molar-refractivity contribution in [2.45, 2.75) is 19.4 Å². The minimum absolute atomic E-state index is 0.0576. The van der Waals surface area contributed by atoms with Crippen LogP contribution in [0.4, 0.5) is 5.69 Å². The lowest BCUT2D eigenvalue weighted by Gasteiger charge is -2.12. The van der Waals surface area contributed by atoms with Crippen LogP contribution in [0.5, 0.6) is 0 Å². The normalized spacial score (nSPS) is 12.2. The number of anilines is 1. The average molecular weight is 287 g/mol. The van der Waals surface area contributed by atoms with Crippen molar-refractivity contribution in [3.05, 3.63) is 28.2 Å². The van der Waals surface area contributed by atoms with Crippen LogP contribution in [0.1, 0.15) is 23.7 Å². The van der Waals surface area contributed by atoms with Gasteiger partial charge in [0.1, 0.15) is 0 Å². The van der Waals surface area contributed by atoms with E-state index in [2.05, 4.69) is 21.2 Å². The monoisotopic (exact) mass is 286 g/mol. The second-order valence-electron chi connectivity index (χ2n) is 3.66. The molecule has 5 heteroatoms. The van der Waals surface area contributed by atoms with E-state index in [1.165, 1.54) is 0 Å². The Bertz CT molecular complexity index is 362. The van der Waals surface area contributed by atoms with E-state index < -0.39 is 0 Å². The van der Waals surface area contributed by atoms with E-state index in [1.807, 2.05) is 6.92 Å². The molecule has 0 heterocycles. The first-order chi connectivity index (χ1) is 7.52. The van der Waals surface area contributed by atoms with E-state index in [0.29, 0.717) is 17.7 Å². The number of nitrogens with one attached hydrogen (secondary N) is 1. The minimum Gasteiger partial charge on any atom is -0.399 e. The zero-order valence-corrected chi connectivity index (χ0v) is 10.6. The molecule has 1 aromatic rings. The van der Waals surface area contributed by atoms with Gasteiger partial charge in [-0.2, -0.15) is 0 Å². The number of nitrogens with two attached hydrogens (primary N) is 1.